The van der Waals surface area contributed by atoms with Crippen LogP contribution in [0.3, 0.4) is 0 Å². The zero-order valence-corrected chi connectivity index (χ0v) is 7.10. The second-order valence-electron chi connectivity index (χ2n) is 3.98. The van der Waals surface area contributed by atoms with Crippen LogP contribution in [-0.2, 0) is 0 Å². The summed E-state index contributed by atoms with van der Waals surface area (Å²) in [6.07, 6.45) is 7.21. The van der Waals surface area contributed by atoms with Crippen LogP contribution in [0.5, 0.6) is 0 Å². The molecule has 2 saturated carbocycles. The lowest BCUT2D eigenvalue weighted by Gasteiger charge is -2.04. The zero-order valence-electron chi connectivity index (χ0n) is 7.10. The van der Waals surface area contributed by atoms with E-state index >= 15 is 0 Å². The van der Waals surface area contributed by atoms with E-state index in [1.807, 2.05) is 0 Å². The third-order valence-electron chi connectivity index (χ3n) is 2.59. The van der Waals surface area contributed by atoms with Gasteiger partial charge in [-0.1, -0.05) is 12.8 Å². The highest BCUT2D eigenvalue weighted by Gasteiger charge is 2.21. The summed E-state index contributed by atoms with van der Waals surface area (Å²) in [6.45, 7) is 2.35. The Labute approximate surface area is 68.7 Å². The van der Waals surface area contributed by atoms with Crippen LogP contribution in [-0.4, -0.2) is 13.1 Å². The van der Waals surface area contributed by atoms with Crippen LogP contribution in [0.25, 0.3) is 0 Å². The maximum absolute atomic E-state index is 3.28. The molecule has 2 rings (SSSR count). The molecule has 2 aliphatic rings. The van der Waals surface area contributed by atoms with Gasteiger partial charge in [-0.2, -0.15) is 0 Å². The van der Waals surface area contributed by atoms with Crippen molar-refractivity contribution in [2.45, 2.75) is 32.1 Å². The minimum absolute atomic E-state index is 0.989. The molecular formula is C9H18N2. The van der Waals surface area contributed by atoms with Crippen molar-refractivity contribution < 1.29 is 0 Å². The summed E-state index contributed by atoms with van der Waals surface area (Å²) < 4.78 is 0. The fourth-order valence-corrected chi connectivity index (χ4v) is 1.31. The van der Waals surface area contributed by atoms with Gasteiger partial charge in [0.2, 0.25) is 0 Å². The van der Waals surface area contributed by atoms with Crippen LogP contribution in [0.4, 0.5) is 0 Å². The summed E-state index contributed by atoms with van der Waals surface area (Å²) >= 11 is 0. The maximum atomic E-state index is 3.28. The Balaban J connectivity index is 1.35. The molecule has 0 atom stereocenters. The van der Waals surface area contributed by atoms with E-state index in [9.17, 15) is 0 Å². The van der Waals surface area contributed by atoms with Gasteiger partial charge in [-0.25, -0.2) is 0 Å². The largest absolute Gasteiger partial charge is 0.258 e. The van der Waals surface area contributed by atoms with E-state index in [0.29, 0.717) is 0 Å². The van der Waals surface area contributed by atoms with E-state index in [1.165, 1.54) is 38.6 Å². The van der Waals surface area contributed by atoms with Crippen LogP contribution in [0.2, 0.25) is 0 Å². The van der Waals surface area contributed by atoms with Crippen LogP contribution in [0, 0.1) is 11.8 Å². The molecule has 0 radical (unpaired) electrons. The predicted molar refractivity (Wildman–Crippen MR) is 46.1 cm³/mol. The summed E-state index contributed by atoms with van der Waals surface area (Å²) in [5.41, 5.74) is 6.56. The van der Waals surface area contributed by atoms with Crippen molar-refractivity contribution in [3.63, 3.8) is 0 Å². The smallest absolute Gasteiger partial charge is 0.0128 e. The van der Waals surface area contributed by atoms with E-state index < -0.39 is 0 Å². The number of hydrogen-bond acceptors (Lipinski definition) is 2. The van der Waals surface area contributed by atoms with Crippen molar-refractivity contribution in [3.8, 4) is 0 Å². The Kier molecular flexibility index (Phi) is 2.44. The van der Waals surface area contributed by atoms with Gasteiger partial charge < -0.3 is 0 Å². The van der Waals surface area contributed by atoms with E-state index in [1.54, 1.807) is 0 Å². The summed E-state index contributed by atoms with van der Waals surface area (Å²) in [5.74, 6) is 2.05. The number of nitrogens with one attached hydrogen (secondary N) is 2. The van der Waals surface area contributed by atoms with E-state index in [2.05, 4.69) is 10.9 Å². The molecule has 0 saturated heterocycles. The van der Waals surface area contributed by atoms with Crippen molar-refractivity contribution in [2.75, 3.05) is 13.1 Å². The number of hydrogen-bond donors (Lipinski definition) is 2. The lowest BCUT2D eigenvalue weighted by atomic mass is 10.3. The average Bonchev–Trinajstić information content (AvgIpc) is 2.83. The molecule has 0 spiro atoms. The molecule has 2 fully saturated rings. The fraction of sp³-hybridized carbons (Fsp3) is 1.00. The van der Waals surface area contributed by atoms with Gasteiger partial charge in [0.1, 0.15) is 0 Å². The van der Waals surface area contributed by atoms with Gasteiger partial charge in [-0.3, -0.25) is 10.9 Å². The molecule has 2 N–H and O–H groups in total. The monoisotopic (exact) mass is 154 g/mol. The van der Waals surface area contributed by atoms with Gasteiger partial charge in [0.15, 0.2) is 0 Å². The van der Waals surface area contributed by atoms with Gasteiger partial charge in [-0.05, 0) is 31.1 Å². The SMILES string of the molecule is C(CC1CC1)NNCC1CC1. The first kappa shape index (κ1) is 7.56. The first-order chi connectivity index (χ1) is 5.45. The first-order valence-corrected chi connectivity index (χ1v) is 4.91. The average molecular weight is 154 g/mol. The summed E-state index contributed by atoms with van der Waals surface area (Å²) in [6, 6.07) is 0. The Morgan fingerprint density at radius 2 is 1.64 bits per heavy atom. The van der Waals surface area contributed by atoms with Crippen molar-refractivity contribution in [1.82, 2.24) is 10.9 Å². The van der Waals surface area contributed by atoms with E-state index in [0.717, 1.165) is 18.4 Å². The minimum Gasteiger partial charge on any atom is -0.258 e. The molecule has 0 aromatic carbocycles. The second kappa shape index (κ2) is 3.55. The third kappa shape index (κ3) is 3.21. The Morgan fingerprint density at radius 3 is 2.27 bits per heavy atom. The molecule has 0 aromatic rings. The first-order valence-electron chi connectivity index (χ1n) is 4.91. The van der Waals surface area contributed by atoms with Gasteiger partial charge in [0, 0.05) is 13.1 Å². The maximum Gasteiger partial charge on any atom is 0.0128 e. The summed E-state index contributed by atoms with van der Waals surface area (Å²) in [5, 5.41) is 0. The van der Waals surface area contributed by atoms with Crippen LogP contribution in [0.15, 0.2) is 0 Å². The molecular weight excluding hydrogens is 136 g/mol. The van der Waals surface area contributed by atoms with Crippen LogP contribution in [0.1, 0.15) is 32.1 Å². The molecule has 0 heterocycles. The Bertz CT molecular complexity index is 103. The lowest BCUT2D eigenvalue weighted by molar-refractivity contribution is 0.491. The Morgan fingerprint density at radius 1 is 0.909 bits per heavy atom. The summed E-state index contributed by atoms with van der Waals surface area (Å²) in [7, 11) is 0. The van der Waals surface area contributed by atoms with E-state index in [-0.39, 0.29) is 0 Å². The molecule has 0 aromatic heterocycles. The standard InChI is InChI=1S/C9H18N2/c1-2-8(1)5-6-10-11-7-9-3-4-9/h8-11H,1-7H2. The van der Waals surface area contributed by atoms with Crippen molar-refractivity contribution >= 4 is 0 Å². The number of rotatable bonds is 6. The molecule has 11 heavy (non-hydrogen) atoms. The zero-order chi connectivity index (χ0) is 7.52. The molecule has 2 aliphatic carbocycles. The van der Waals surface area contributed by atoms with Crippen molar-refractivity contribution in [2.24, 2.45) is 11.8 Å². The van der Waals surface area contributed by atoms with Gasteiger partial charge >= 0.3 is 0 Å². The van der Waals surface area contributed by atoms with Crippen molar-refractivity contribution in [3.05, 3.63) is 0 Å². The normalized spacial score (nSPS) is 24.0. The van der Waals surface area contributed by atoms with Gasteiger partial charge in [-0.15, -0.1) is 0 Å². The highest BCUT2D eigenvalue weighted by molar-refractivity contribution is 4.75. The fourth-order valence-electron chi connectivity index (χ4n) is 1.31. The second-order valence-corrected chi connectivity index (χ2v) is 3.98. The molecule has 0 amide bonds. The predicted octanol–water partition coefficient (Wildman–Crippen LogP) is 1.29. The molecule has 2 nitrogen and oxygen atoms in total. The minimum atomic E-state index is 0.989. The van der Waals surface area contributed by atoms with Crippen LogP contribution >= 0.6 is 0 Å². The van der Waals surface area contributed by atoms with E-state index in [4.69, 9.17) is 0 Å². The third-order valence-corrected chi connectivity index (χ3v) is 2.59. The van der Waals surface area contributed by atoms with Gasteiger partial charge in [0.05, 0.1) is 0 Å². The van der Waals surface area contributed by atoms with Crippen molar-refractivity contribution in [1.29, 1.82) is 0 Å². The molecule has 2 heteroatoms. The lowest BCUT2D eigenvalue weighted by Crippen LogP contribution is -2.34. The molecule has 0 unspecified atom stereocenters. The Hall–Kier alpha value is -0.0800. The highest BCUT2D eigenvalue weighted by Crippen LogP contribution is 2.31. The summed E-state index contributed by atoms with van der Waals surface area (Å²) in [4.78, 5) is 0. The number of hydrazine groups is 1. The molecule has 0 bridgehead atoms. The van der Waals surface area contributed by atoms with Gasteiger partial charge in [0.25, 0.3) is 0 Å². The van der Waals surface area contributed by atoms with Crippen LogP contribution < -0.4 is 10.9 Å². The quantitative estimate of drug-likeness (QED) is 0.445. The molecule has 64 valence electrons. The molecule has 0 aliphatic heterocycles. The highest BCUT2D eigenvalue weighted by atomic mass is 15.3. The topological polar surface area (TPSA) is 24.1 Å².